The molecule has 3 rings (SSSR count). The summed E-state index contributed by atoms with van der Waals surface area (Å²) in [4.78, 5) is 14.7. The molecule has 0 fully saturated rings. The predicted molar refractivity (Wildman–Crippen MR) is 76.8 cm³/mol. The van der Waals surface area contributed by atoms with Gasteiger partial charge in [0.25, 0.3) is 0 Å². The van der Waals surface area contributed by atoms with E-state index >= 15 is 0 Å². The maximum atomic E-state index is 12.0. The van der Waals surface area contributed by atoms with Crippen molar-refractivity contribution in [2.24, 2.45) is 0 Å². The minimum atomic E-state index is -0.166. The molecule has 94 valence electrons. The molecule has 0 amide bonds. The predicted octanol–water partition coefficient (Wildman–Crippen LogP) is 3.49. The molecule has 0 unspecified atom stereocenters. The maximum absolute atomic E-state index is 12.0. The quantitative estimate of drug-likeness (QED) is 0.760. The summed E-state index contributed by atoms with van der Waals surface area (Å²) in [6.07, 6.45) is 1.71. The highest BCUT2D eigenvalue weighted by Gasteiger charge is 2.09. The lowest BCUT2D eigenvalue weighted by Crippen LogP contribution is -2.15. The van der Waals surface area contributed by atoms with E-state index in [9.17, 15) is 4.79 Å². The van der Waals surface area contributed by atoms with E-state index in [1.165, 1.54) is 0 Å². The minimum Gasteiger partial charge on any atom is -0.312 e. The third-order valence-corrected chi connectivity index (χ3v) is 3.18. The molecule has 1 N–H and O–H groups in total. The van der Waals surface area contributed by atoms with Crippen LogP contribution >= 0.6 is 11.6 Å². The van der Waals surface area contributed by atoms with Gasteiger partial charge in [-0.2, -0.15) is 0 Å². The molecule has 19 heavy (non-hydrogen) atoms. The topological polar surface area (TPSA) is 37.8 Å². The molecule has 1 aromatic heterocycles. The summed E-state index contributed by atoms with van der Waals surface area (Å²) in [6.45, 7) is 0. The van der Waals surface area contributed by atoms with E-state index in [2.05, 4.69) is 4.98 Å². The van der Waals surface area contributed by atoms with Crippen LogP contribution in [0.4, 0.5) is 0 Å². The van der Waals surface area contributed by atoms with Crippen molar-refractivity contribution < 1.29 is 0 Å². The summed E-state index contributed by atoms with van der Waals surface area (Å²) < 4.78 is 1.63. The van der Waals surface area contributed by atoms with Crippen LogP contribution in [0.5, 0.6) is 0 Å². The number of H-pyrrole nitrogens is 1. The van der Waals surface area contributed by atoms with Gasteiger partial charge < -0.3 is 4.98 Å². The van der Waals surface area contributed by atoms with E-state index in [1.54, 1.807) is 22.9 Å². The van der Waals surface area contributed by atoms with Crippen molar-refractivity contribution in [3.63, 3.8) is 0 Å². The first-order chi connectivity index (χ1) is 9.25. The molecule has 0 saturated heterocycles. The van der Waals surface area contributed by atoms with Crippen LogP contribution in [0.15, 0.2) is 65.6 Å². The standard InChI is InChI=1S/C15H11ClN2O/c16-12-6-8-13(9-7-12)18-14(10-17-15(18)19)11-4-2-1-3-5-11/h1-10H,(H,17,19). The monoisotopic (exact) mass is 270 g/mol. The summed E-state index contributed by atoms with van der Waals surface area (Å²) in [7, 11) is 0. The molecule has 1 heterocycles. The lowest BCUT2D eigenvalue weighted by molar-refractivity contribution is 0.993. The van der Waals surface area contributed by atoms with Gasteiger partial charge in [0.05, 0.1) is 11.4 Å². The van der Waals surface area contributed by atoms with Gasteiger partial charge in [0.1, 0.15) is 0 Å². The second-order valence-corrected chi connectivity index (χ2v) is 4.59. The van der Waals surface area contributed by atoms with E-state index in [-0.39, 0.29) is 5.69 Å². The van der Waals surface area contributed by atoms with Crippen LogP contribution in [0.25, 0.3) is 16.9 Å². The van der Waals surface area contributed by atoms with Crippen molar-refractivity contribution in [2.75, 3.05) is 0 Å². The van der Waals surface area contributed by atoms with Gasteiger partial charge in [-0.15, -0.1) is 0 Å². The van der Waals surface area contributed by atoms with Crippen molar-refractivity contribution in [3.05, 3.63) is 76.3 Å². The molecule has 0 aliphatic rings. The van der Waals surface area contributed by atoms with Crippen molar-refractivity contribution in [3.8, 4) is 16.9 Å². The molecule has 0 spiro atoms. The van der Waals surface area contributed by atoms with Gasteiger partial charge in [-0.1, -0.05) is 41.9 Å². The number of rotatable bonds is 2. The molecular formula is C15H11ClN2O. The molecule has 0 radical (unpaired) electrons. The van der Waals surface area contributed by atoms with E-state index in [0.29, 0.717) is 5.02 Å². The summed E-state index contributed by atoms with van der Waals surface area (Å²) in [5, 5.41) is 0.647. The Labute approximate surface area is 115 Å². The fourth-order valence-electron chi connectivity index (χ4n) is 2.04. The molecule has 0 aliphatic heterocycles. The van der Waals surface area contributed by atoms with Crippen LogP contribution < -0.4 is 5.69 Å². The van der Waals surface area contributed by atoms with Crippen LogP contribution in [0.1, 0.15) is 0 Å². The summed E-state index contributed by atoms with van der Waals surface area (Å²) >= 11 is 5.87. The van der Waals surface area contributed by atoms with Crippen molar-refractivity contribution in [2.45, 2.75) is 0 Å². The number of hydrogen-bond donors (Lipinski definition) is 1. The second kappa shape index (κ2) is 4.78. The first-order valence-electron chi connectivity index (χ1n) is 5.87. The average molecular weight is 271 g/mol. The average Bonchev–Trinajstić information content (AvgIpc) is 2.83. The van der Waals surface area contributed by atoms with Crippen LogP contribution in [0.2, 0.25) is 5.02 Å². The highest BCUT2D eigenvalue weighted by atomic mass is 35.5. The van der Waals surface area contributed by atoms with E-state index in [4.69, 9.17) is 11.6 Å². The van der Waals surface area contributed by atoms with Crippen LogP contribution in [0, 0.1) is 0 Å². The Hall–Kier alpha value is -2.26. The molecule has 0 atom stereocenters. The zero-order chi connectivity index (χ0) is 13.2. The molecular weight excluding hydrogens is 260 g/mol. The normalized spacial score (nSPS) is 10.6. The van der Waals surface area contributed by atoms with Crippen LogP contribution in [0.3, 0.4) is 0 Å². The third-order valence-electron chi connectivity index (χ3n) is 2.93. The van der Waals surface area contributed by atoms with Gasteiger partial charge in [0, 0.05) is 16.8 Å². The van der Waals surface area contributed by atoms with E-state index < -0.39 is 0 Å². The number of nitrogens with one attached hydrogen (secondary N) is 1. The number of halogens is 1. The number of aromatic nitrogens is 2. The van der Waals surface area contributed by atoms with E-state index in [1.807, 2.05) is 42.5 Å². The molecule has 0 saturated carbocycles. The lowest BCUT2D eigenvalue weighted by Gasteiger charge is -2.07. The Morgan fingerprint density at radius 1 is 0.947 bits per heavy atom. The fraction of sp³-hybridized carbons (Fsp3) is 0. The number of imidazole rings is 1. The number of benzene rings is 2. The Morgan fingerprint density at radius 2 is 1.63 bits per heavy atom. The van der Waals surface area contributed by atoms with E-state index in [0.717, 1.165) is 16.9 Å². The Balaban J connectivity index is 2.19. The first kappa shape index (κ1) is 11.8. The number of hydrogen-bond acceptors (Lipinski definition) is 1. The zero-order valence-electron chi connectivity index (χ0n) is 10.0. The molecule has 3 nitrogen and oxygen atoms in total. The van der Waals surface area contributed by atoms with Gasteiger partial charge in [-0.3, -0.25) is 4.57 Å². The molecule has 0 bridgehead atoms. The maximum Gasteiger partial charge on any atom is 0.330 e. The Kier molecular flexibility index (Phi) is 2.97. The first-order valence-corrected chi connectivity index (χ1v) is 6.25. The largest absolute Gasteiger partial charge is 0.330 e. The van der Waals surface area contributed by atoms with Crippen molar-refractivity contribution in [1.29, 1.82) is 0 Å². The van der Waals surface area contributed by atoms with Crippen molar-refractivity contribution >= 4 is 11.6 Å². The van der Waals surface area contributed by atoms with Crippen LogP contribution in [-0.2, 0) is 0 Å². The highest BCUT2D eigenvalue weighted by molar-refractivity contribution is 6.30. The Morgan fingerprint density at radius 3 is 2.32 bits per heavy atom. The van der Waals surface area contributed by atoms with Crippen molar-refractivity contribution in [1.82, 2.24) is 9.55 Å². The number of nitrogens with zero attached hydrogens (tertiary/aromatic N) is 1. The third kappa shape index (κ3) is 2.20. The smallest absolute Gasteiger partial charge is 0.312 e. The minimum absolute atomic E-state index is 0.166. The highest BCUT2D eigenvalue weighted by Crippen LogP contribution is 2.21. The lowest BCUT2D eigenvalue weighted by atomic mass is 10.1. The molecule has 2 aromatic carbocycles. The SMILES string of the molecule is O=c1[nH]cc(-c2ccccc2)n1-c1ccc(Cl)cc1. The molecule has 4 heteroatoms. The fourth-order valence-corrected chi connectivity index (χ4v) is 2.16. The summed E-state index contributed by atoms with van der Waals surface area (Å²) in [5.74, 6) is 0. The second-order valence-electron chi connectivity index (χ2n) is 4.16. The molecule has 3 aromatic rings. The van der Waals surface area contributed by atoms with Crippen LogP contribution in [-0.4, -0.2) is 9.55 Å². The van der Waals surface area contributed by atoms with Gasteiger partial charge in [-0.05, 0) is 24.3 Å². The Bertz CT molecular complexity index is 742. The summed E-state index contributed by atoms with van der Waals surface area (Å²) in [5.41, 5.74) is 2.43. The molecule has 0 aliphatic carbocycles. The summed E-state index contributed by atoms with van der Waals surface area (Å²) in [6, 6.07) is 17.0. The van der Waals surface area contributed by atoms with Gasteiger partial charge in [0.2, 0.25) is 0 Å². The van der Waals surface area contributed by atoms with Gasteiger partial charge in [0.15, 0.2) is 0 Å². The van der Waals surface area contributed by atoms with Gasteiger partial charge >= 0.3 is 5.69 Å². The number of aromatic amines is 1. The van der Waals surface area contributed by atoms with Gasteiger partial charge in [-0.25, -0.2) is 4.79 Å². The zero-order valence-corrected chi connectivity index (χ0v) is 10.8.